The topological polar surface area (TPSA) is 54.6 Å². The van der Waals surface area contributed by atoms with Gasteiger partial charge in [0.15, 0.2) is 4.96 Å². The van der Waals surface area contributed by atoms with Gasteiger partial charge in [0.25, 0.3) is 5.56 Å². The summed E-state index contributed by atoms with van der Waals surface area (Å²) in [4.78, 5) is 16.3. The second kappa shape index (κ2) is 3.68. The van der Waals surface area contributed by atoms with Crippen molar-refractivity contribution >= 4 is 27.9 Å². The molecule has 0 radical (unpaired) electrons. The average molecular weight is 231 g/mol. The molecule has 0 spiro atoms. The molecule has 2 aromatic heterocycles. The van der Waals surface area contributed by atoms with Gasteiger partial charge in [-0.3, -0.25) is 9.20 Å². The lowest BCUT2D eigenvalue weighted by atomic mass is 10.4. The molecule has 0 fully saturated rings. The molecule has 0 saturated carbocycles. The zero-order valence-corrected chi connectivity index (χ0v) is 8.68. The van der Waals surface area contributed by atoms with Crippen LogP contribution in [0.3, 0.4) is 0 Å². The Hall–Kier alpha value is -0.910. The SMILES string of the molecule is O=c1cc(CCl)nc2scc(CO)n12. The Balaban J connectivity index is 2.79. The fourth-order valence-electron chi connectivity index (χ4n) is 1.20. The number of rotatable bonds is 2. The Morgan fingerprint density at radius 3 is 3.07 bits per heavy atom. The predicted molar refractivity (Wildman–Crippen MR) is 54.8 cm³/mol. The Morgan fingerprint density at radius 1 is 1.64 bits per heavy atom. The van der Waals surface area contributed by atoms with E-state index in [-0.39, 0.29) is 18.0 Å². The summed E-state index contributed by atoms with van der Waals surface area (Å²) in [6.45, 7) is -0.165. The van der Waals surface area contributed by atoms with Gasteiger partial charge in [0, 0.05) is 11.4 Å². The van der Waals surface area contributed by atoms with E-state index >= 15 is 0 Å². The minimum absolute atomic E-state index is 0.165. The molecule has 0 aliphatic carbocycles. The number of hydrogen-bond acceptors (Lipinski definition) is 4. The molecule has 2 aromatic rings. The molecule has 6 heteroatoms. The van der Waals surface area contributed by atoms with E-state index < -0.39 is 0 Å². The number of alkyl halides is 1. The van der Waals surface area contributed by atoms with E-state index in [2.05, 4.69) is 4.98 Å². The molecular weight excluding hydrogens is 224 g/mol. The number of hydrogen-bond donors (Lipinski definition) is 1. The third kappa shape index (κ3) is 1.43. The highest BCUT2D eigenvalue weighted by molar-refractivity contribution is 7.15. The molecule has 0 bridgehead atoms. The Morgan fingerprint density at radius 2 is 2.43 bits per heavy atom. The van der Waals surface area contributed by atoms with E-state index in [4.69, 9.17) is 16.7 Å². The van der Waals surface area contributed by atoms with Crippen molar-refractivity contribution in [3.8, 4) is 0 Å². The molecule has 2 rings (SSSR count). The van der Waals surface area contributed by atoms with Crippen LogP contribution in [0.5, 0.6) is 0 Å². The normalized spacial score (nSPS) is 11.0. The van der Waals surface area contributed by atoms with Gasteiger partial charge in [-0.2, -0.15) is 0 Å². The molecule has 14 heavy (non-hydrogen) atoms. The van der Waals surface area contributed by atoms with Crippen LogP contribution >= 0.6 is 22.9 Å². The number of aliphatic hydroxyl groups excluding tert-OH is 1. The molecule has 4 nitrogen and oxygen atoms in total. The third-order valence-corrected chi connectivity index (χ3v) is 2.98. The average Bonchev–Trinajstić information content (AvgIpc) is 2.61. The van der Waals surface area contributed by atoms with Crippen molar-refractivity contribution in [1.82, 2.24) is 9.38 Å². The van der Waals surface area contributed by atoms with E-state index in [9.17, 15) is 4.79 Å². The molecule has 0 aliphatic heterocycles. The first kappa shape index (κ1) is 9.64. The molecule has 0 amide bonds. The van der Waals surface area contributed by atoms with Crippen molar-refractivity contribution < 1.29 is 5.11 Å². The van der Waals surface area contributed by atoms with Crippen molar-refractivity contribution in [3.05, 3.63) is 33.2 Å². The Bertz CT molecular complexity index is 520. The summed E-state index contributed by atoms with van der Waals surface area (Å²) in [5, 5.41) is 10.7. The highest BCUT2D eigenvalue weighted by Crippen LogP contribution is 2.12. The van der Waals surface area contributed by atoms with Crippen LogP contribution in [-0.2, 0) is 12.5 Å². The van der Waals surface area contributed by atoms with E-state index in [1.807, 2.05) is 0 Å². The summed E-state index contributed by atoms with van der Waals surface area (Å²) in [6, 6.07) is 1.38. The molecule has 1 N–H and O–H groups in total. The summed E-state index contributed by atoms with van der Waals surface area (Å²) in [6.07, 6.45) is 0. The number of fused-ring (bicyclic) bond motifs is 1. The Kier molecular flexibility index (Phi) is 2.54. The van der Waals surface area contributed by atoms with Crippen LogP contribution in [0.4, 0.5) is 0 Å². The van der Waals surface area contributed by atoms with Gasteiger partial charge in [-0.25, -0.2) is 4.98 Å². The molecule has 0 aliphatic rings. The van der Waals surface area contributed by atoms with Gasteiger partial charge in [0.1, 0.15) is 0 Å². The summed E-state index contributed by atoms with van der Waals surface area (Å²) in [5.41, 5.74) is 0.919. The van der Waals surface area contributed by atoms with Gasteiger partial charge >= 0.3 is 0 Å². The van der Waals surface area contributed by atoms with E-state index in [1.54, 1.807) is 5.38 Å². The number of thiazole rings is 1. The standard InChI is InChI=1S/C8H7ClN2O2S/c9-2-5-1-7(13)11-6(3-12)4-14-8(11)10-5/h1,4,12H,2-3H2. The smallest absolute Gasteiger partial charge is 0.259 e. The molecule has 0 unspecified atom stereocenters. The van der Waals surface area contributed by atoms with E-state index in [0.717, 1.165) is 0 Å². The summed E-state index contributed by atoms with van der Waals surface area (Å²) < 4.78 is 1.39. The van der Waals surface area contributed by atoms with Crippen LogP contribution in [0.2, 0.25) is 0 Å². The summed E-state index contributed by atoms with van der Waals surface area (Å²) in [7, 11) is 0. The van der Waals surface area contributed by atoms with Gasteiger partial charge in [-0.15, -0.1) is 22.9 Å². The lowest BCUT2D eigenvalue weighted by molar-refractivity contribution is 0.275. The molecule has 0 saturated heterocycles. The second-order valence-corrected chi connectivity index (χ2v) is 3.83. The van der Waals surface area contributed by atoms with Gasteiger partial charge in [0.05, 0.1) is 23.9 Å². The van der Waals surface area contributed by atoms with Crippen LogP contribution in [0, 0.1) is 0 Å². The second-order valence-electron chi connectivity index (χ2n) is 2.72. The van der Waals surface area contributed by atoms with Crippen LogP contribution in [0.25, 0.3) is 4.96 Å². The maximum absolute atomic E-state index is 11.6. The number of nitrogens with zero attached hydrogens (tertiary/aromatic N) is 2. The zero-order valence-electron chi connectivity index (χ0n) is 7.11. The van der Waals surface area contributed by atoms with Gasteiger partial charge < -0.3 is 5.11 Å². The van der Waals surface area contributed by atoms with Crippen molar-refractivity contribution in [2.45, 2.75) is 12.5 Å². The minimum atomic E-state index is -0.198. The summed E-state index contributed by atoms with van der Waals surface area (Å²) >= 11 is 6.90. The van der Waals surface area contributed by atoms with Gasteiger partial charge in [0.2, 0.25) is 0 Å². The molecule has 0 aromatic carbocycles. The maximum atomic E-state index is 11.6. The van der Waals surface area contributed by atoms with Crippen molar-refractivity contribution in [2.24, 2.45) is 0 Å². The zero-order chi connectivity index (χ0) is 10.1. The lowest BCUT2D eigenvalue weighted by Crippen LogP contribution is -2.15. The lowest BCUT2D eigenvalue weighted by Gasteiger charge is -1.98. The number of aliphatic hydroxyl groups is 1. The fourth-order valence-corrected chi connectivity index (χ4v) is 2.24. The maximum Gasteiger partial charge on any atom is 0.259 e. The molecule has 2 heterocycles. The first-order chi connectivity index (χ1) is 6.76. The molecular formula is C8H7ClN2O2S. The van der Waals surface area contributed by atoms with E-state index in [0.29, 0.717) is 16.3 Å². The Labute approximate surface area is 88.4 Å². The number of halogens is 1. The fraction of sp³-hybridized carbons (Fsp3) is 0.250. The van der Waals surface area contributed by atoms with Crippen molar-refractivity contribution in [2.75, 3.05) is 0 Å². The minimum Gasteiger partial charge on any atom is -0.390 e. The van der Waals surface area contributed by atoms with Gasteiger partial charge in [-0.1, -0.05) is 0 Å². The predicted octanol–water partition coefficient (Wildman–Crippen LogP) is 0.987. The first-order valence-corrected chi connectivity index (χ1v) is 5.33. The first-order valence-electron chi connectivity index (χ1n) is 3.92. The summed E-state index contributed by atoms with van der Waals surface area (Å²) in [5.74, 6) is 0.220. The quantitative estimate of drug-likeness (QED) is 0.783. The van der Waals surface area contributed by atoms with Crippen molar-refractivity contribution in [1.29, 1.82) is 0 Å². The van der Waals surface area contributed by atoms with Crippen LogP contribution in [-0.4, -0.2) is 14.5 Å². The molecule has 0 atom stereocenters. The van der Waals surface area contributed by atoms with E-state index in [1.165, 1.54) is 21.8 Å². The highest BCUT2D eigenvalue weighted by atomic mass is 35.5. The third-order valence-electron chi connectivity index (χ3n) is 1.83. The highest BCUT2D eigenvalue weighted by Gasteiger charge is 2.07. The number of aromatic nitrogens is 2. The van der Waals surface area contributed by atoms with Gasteiger partial charge in [-0.05, 0) is 0 Å². The van der Waals surface area contributed by atoms with Crippen molar-refractivity contribution in [3.63, 3.8) is 0 Å². The largest absolute Gasteiger partial charge is 0.390 e. The van der Waals surface area contributed by atoms with Crippen LogP contribution < -0.4 is 5.56 Å². The monoisotopic (exact) mass is 230 g/mol. The molecule has 74 valence electrons. The van der Waals surface area contributed by atoms with Crippen LogP contribution in [0.1, 0.15) is 11.4 Å². The van der Waals surface area contributed by atoms with Crippen LogP contribution in [0.15, 0.2) is 16.2 Å².